The van der Waals surface area contributed by atoms with Gasteiger partial charge in [-0.25, -0.2) is 8.42 Å². The number of hydrogen-bond acceptors (Lipinski definition) is 4. The van der Waals surface area contributed by atoms with Crippen molar-refractivity contribution >= 4 is 27.4 Å². The third-order valence-corrected chi connectivity index (χ3v) is 5.22. The quantitative estimate of drug-likeness (QED) is 0.368. The van der Waals surface area contributed by atoms with Crippen molar-refractivity contribution in [3.63, 3.8) is 0 Å². The number of rotatable bonds is 9. The molecule has 6 nitrogen and oxygen atoms in total. The van der Waals surface area contributed by atoms with Crippen molar-refractivity contribution in [1.29, 1.82) is 0 Å². The lowest BCUT2D eigenvalue weighted by Gasteiger charge is -2.12. The normalized spacial score (nSPS) is 11.9. The lowest BCUT2D eigenvalue weighted by molar-refractivity contribution is 0.322. The molecule has 0 aliphatic rings. The highest BCUT2D eigenvalue weighted by molar-refractivity contribution is 7.90. The standard InChI is InChI=1S/C20H26ClN3O3S/c1-3-22-20(24-14-15-27-18-8-6-17(21)7-9-18)23-13-12-16-4-10-19(11-5-16)28(2,25)26/h4-11H,3,12-15H2,1-2H3,(H2,22,23,24). The van der Waals surface area contributed by atoms with Crippen molar-refractivity contribution < 1.29 is 13.2 Å². The number of hydrogen-bond donors (Lipinski definition) is 2. The van der Waals surface area contributed by atoms with Crippen molar-refractivity contribution in [2.24, 2.45) is 4.99 Å². The summed E-state index contributed by atoms with van der Waals surface area (Å²) in [6.45, 7) is 4.46. The zero-order valence-corrected chi connectivity index (χ0v) is 17.7. The van der Waals surface area contributed by atoms with Crippen molar-refractivity contribution in [3.05, 3.63) is 59.1 Å². The number of ether oxygens (including phenoxy) is 1. The zero-order valence-electron chi connectivity index (χ0n) is 16.1. The van der Waals surface area contributed by atoms with E-state index in [0.717, 1.165) is 30.2 Å². The smallest absolute Gasteiger partial charge is 0.191 e. The molecule has 152 valence electrons. The Morgan fingerprint density at radius 3 is 2.36 bits per heavy atom. The van der Waals surface area contributed by atoms with E-state index in [4.69, 9.17) is 16.3 Å². The topological polar surface area (TPSA) is 79.8 Å². The first-order valence-corrected chi connectivity index (χ1v) is 11.3. The first-order valence-electron chi connectivity index (χ1n) is 9.08. The molecule has 2 N–H and O–H groups in total. The van der Waals surface area contributed by atoms with E-state index in [9.17, 15) is 8.42 Å². The molecule has 0 saturated carbocycles. The van der Waals surface area contributed by atoms with Crippen LogP contribution in [0.3, 0.4) is 0 Å². The number of aliphatic imine (C=N–C) groups is 1. The summed E-state index contributed by atoms with van der Waals surface area (Å²) in [7, 11) is -3.16. The molecule has 0 aliphatic heterocycles. The molecule has 0 saturated heterocycles. The first kappa shape index (κ1) is 22.0. The Morgan fingerprint density at radius 1 is 1.07 bits per heavy atom. The summed E-state index contributed by atoms with van der Waals surface area (Å²) in [6.07, 6.45) is 1.93. The molecular formula is C20H26ClN3O3S. The van der Waals surface area contributed by atoms with Gasteiger partial charge in [0.05, 0.1) is 11.4 Å². The number of guanidine groups is 1. The number of sulfone groups is 1. The summed E-state index contributed by atoms with van der Waals surface area (Å²) in [5, 5.41) is 7.10. The van der Waals surface area contributed by atoms with Crippen LogP contribution >= 0.6 is 11.6 Å². The molecule has 0 heterocycles. The highest BCUT2D eigenvalue weighted by Gasteiger charge is 2.06. The molecular weight excluding hydrogens is 398 g/mol. The molecule has 8 heteroatoms. The Balaban J connectivity index is 1.78. The predicted molar refractivity (Wildman–Crippen MR) is 114 cm³/mol. The van der Waals surface area contributed by atoms with E-state index < -0.39 is 9.84 Å². The van der Waals surface area contributed by atoms with Crippen LogP contribution in [0.1, 0.15) is 12.5 Å². The Kier molecular flexibility index (Phi) is 8.60. The Hall–Kier alpha value is -2.25. The lowest BCUT2D eigenvalue weighted by atomic mass is 10.1. The molecule has 0 bridgehead atoms. The fourth-order valence-electron chi connectivity index (χ4n) is 2.41. The zero-order chi connectivity index (χ0) is 20.4. The molecule has 0 aliphatic carbocycles. The minimum Gasteiger partial charge on any atom is -0.492 e. The summed E-state index contributed by atoms with van der Waals surface area (Å²) in [5.74, 6) is 1.49. The molecule has 2 rings (SSSR count). The van der Waals surface area contributed by atoms with Crippen LogP contribution in [0.15, 0.2) is 58.4 Å². The van der Waals surface area contributed by atoms with Crippen LogP contribution < -0.4 is 15.4 Å². The number of nitrogens with zero attached hydrogens (tertiary/aromatic N) is 1. The Bertz CT molecular complexity index is 867. The van der Waals surface area contributed by atoms with E-state index in [2.05, 4.69) is 15.6 Å². The predicted octanol–water partition coefficient (Wildman–Crippen LogP) is 2.92. The average molecular weight is 424 g/mol. The van der Waals surface area contributed by atoms with Gasteiger partial charge in [-0.3, -0.25) is 4.99 Å². The van der Waals surface area contributed by atoms with Gasteiger partial charge < -0.3 is 15.4 Å². The summed E-state index contributed by atoms with van der Waals surface area (Å²) in [5.41, 5.74) is 1.04. The van der Waals surface area contributed by atoms with Gasteiger partial charge in [-0.1, -0.05) is 23.7 Å². The third kappa shape index (κ3) is 7.78. The minimum absolute atomic E-state index is 0.329. The summed E-state index contributed by atoms with van der Waals surface area (Å²) < 4.78 is 28.6. The first-order chi connectivity index (χ1) is 13.4. The lowest BCUT2D eigenvalue weighted by Crippen LogP contribution is -2.39. The van der Waals surface area contributed by atoms with Gasteiger partial charge in [0, 0.05) is 24.4 Å². The second kappa shape index (κ2) is 10.9. The van der Waals surface area contributed by atoms with E-state index in [1.54, 1.807) is 24.3 Å². The van der Waals surface area contributed by atoms with E-state index in [0.29, 0.717) is 29.6 Å². The molecule has 0 spiro atoms. The Morgan fingerprint density at radius 2 is 1.75 bits per heavy atom. The molecule has 28 heavy (non-hydrogen) atoms. The van der Waals surface area contributed by atoms with Crippen LogP contribution in [0, 0.1) is 0 Å². The van der Waals surface area contributed by atoms with Gasteiger partial charge in [0.1, 0.15) is 12.4 Å². The second-order valence-corrected chi connectivity index (χ2v) is 8.61. The maximum Gasteiger partial charge on any atom is 0.191 e. The maximum absolute atomic E-state index is 11.5. The SMILES string of the molecule is CCNC(=NCCc1ccc(S(C)(=O)=O)cc1)NCCOc1ccc(Cl)cc1. The van der Waals surface area contributed by atoms with Crippen LogP contribution in [0.4, 0.5) is 0 Å². The van der Waals surface area contributed by atoms with Crippen molar-refractivity contribution in [3.8, 4) is 5.75 Å². The van der Waals surface area contributed by atoms with Crippen LogP contribution in [0.25, 0.3) is 0 Å². The van der Waals surface area contributed by atoms with Crippen LogP contribution in [0.2, 0.25) is 5.02 Å². The number of halogens is 1. The largest absolute Gasteiger partial charge is 0.492 e. The second-order valence-electron chi connectivity index (χ2n) is 6.16. The van der Waals surface area contributed by atoms with Gasteiger partial charge in [-0.05, 0) is 55.3 Å². The van der Waals surface area contributed by atoms with Gasteiger partial charge in [0.25, 0.3) is 0 Å². The Labute approximate surface area is 171 Å². The van der Waals surface area contributed by atoms with Gasteiger partial charge >= 0.3 is 0 Å². The summed E-state index contributed by atoms with van der Waals surface area (Å²) >= 11 is 5.85. The van der Waals surface area contributed by atoms with E-state index in [1.165, 1.54) is 6.26 Å². The van der Waals surface area contributed by atoms with Crippen molar-refractivity contribution in [1.82, 2.24) is 10.6 Å². The monoisotopic (exact) mass is 423 g/mol. The number of benzene rings is 2. The van der Waals surface area contributed by atoms with Gasteiger partial charge in [0.15, 0.2) is 15.8 Å². The fourth-order valence-corrected chi connectivity index (χ4v) is 3.17. The van der Waals surface area contributed by atoms with Crippen molar-refractivity contribution in [2.75, 3.05) is 32.5 Å². The van der Waals surface area contributed by atoms with Crippen molar-refractivity contribution in [2.45, 2.75) is 18.2 Å². The average Bonchev–Trinajstić information content (AvgIpc) is 2.66. The van der Waals surface area contributed by atoms with E-state index in [-0.39, 0.29) is 0 Å². The highest BCUT2D eigenvalue weighted by atomic mass is 35.5. The maximum atomic E-state index is 11.5. The molecule has 0 aromatic heterocycles. The third-order valence-electron chi connectivity index (χ3n) is 3.84. The molecule has 0 amide bonds. The van der Waals surface area contributed by atoms with E-state index in [1.807, 2.05) is 31.2 Å². The molecule has 2 aromatic rings. The molecule has 0 unspecified atom stereocenters. The summed E-state index contributed by atoms with van der Waals surface area (Å²) in [4.78, 5) is 4.87. The van der Waals surface area contributed by atoms with Crippen LogP contribution in [-0.2, 0) is 16.3 Å². The highest BCUT2D eigenvalue weighted by Crippen LogP contribution is 2.15. The van der Waals surface area contributed by atoms with Crippen LogP contribution in [-0.4, -0.2) is 46.9 Å². The molecule has 2 aromatic carbocycles. The minimum atomic E-state index is -3.16. The summed E-state index contributed by atoms with van der Waals surface area (Å²) in [6, 6.07) is 14.2. The van der Waals surface area contributed by atoms with E-state index >= 15 is 0 Å². The molecule has 0 fully saturated rings. The van der Waals surface area contributed by atoms with Gasteiger partial charge in [-0.15, -0.1) is 0 Å². The van der Waals surface area contributed by atoms with Gasteiger partial charge in [-0.2, -0.15) is 0 Å². The number of nitrogens with one attached hydrogen (secondary N) is 2. The van der Waals surface area contributed by atoms with Crippen LogP contribution in [0.5, 0.6) is 5.75 Å². The fraction of sp³-hybridized carbons (Fsp3) is 0.350. The molecule has 0 radical (unpaired) electrons. The molecule has 0 atom stereocenters. The van der Waals surface area contributed by atoms with Gasteiger partial charge in [0.2, 0.25) is 0 Å².